The van der Waals surface area contributed by atoms with Gasteiger partial charge in [0.2, 0.25) is 5.88 Å². The highest BCUT2D eigenvalue weighted by molar-refractivity contribution is 7.85. The van der Waals surface area contributed by atoms with E-state index < -0.39 is 34.4 Å². The Labute approximate surface area is 208 Å². The summed E-state index contributed by atoms with van der Waals surface area (Å²) in [4.78, 5) is 41.2. The number of benzene rings is 1. The van der Waals surface area contributed by atoms with Gasteiger partial charge < -0.3 is 19.6 Å². The monoisotopic (exact) mass is 517 g/mol. The SMILES string of the molecule is COC(=O)COc1nc(C)cn2c(Cc3ccccc3)c(CCCOS(C)(=O)=O)c(C(=O)C(N)=O)c12. The van der Waals surface area contributed by atoms with Crippen molar-refractivity contribution in [3.63, 3.8) is 0 Å². The molecule has 12 heteroatoms. The molecule has 0 fully saturated rings. The van der Waals surface area contributed by atoms with E-state index in [0.29, 0.717) is 23.4 Å². The van der Waals surface area contributed by atoms with Gasteiger partial charge in [0.25, 0.3) is 21.8 Å². The second-order valence-corrected chi connectivity index (χ2v) is 9.70. The highest BCUT2D eigenvalue weighted by Gasteiger charge is 2.29. The Kier molecular flexibility index (Phi) is 8.43. The molecule has 2 aromatic heterocycles. The predicted molar refractivity (Wildman–Crippen MR) is 129 cm³/mol. The van der Waals surface area contributed by atoms with E-state index in [1.807, 2.05) is 30.3 Å². The first kappa shape index (κ1) is 26.8. The zero-order valence-corrected chi connectivity index (χ0v) is 21.0. The molecule has 1 amide bonds. The molecule has 0 unspecified atom stereocenters. The van der Waals surface area contributed by atoms with Crippen molar-refractivity contribution >= 4 is 33.3 Å². The van der Waals surface area contributed by atoms with Crippen molar-refractivity contribution in [2.75, 3.05) is 26.6 Å². The van der Waals surface area contributed by atoms with E-state index in [1.54, 1.807) is 17.5 Å². The third kappa shape index (κ3) is 6.46. The summed E-state index contributed by atoms with van der Waals surface area (Å²) in [6.45, 7) is 1.12. The number of hydrogen-bond donors (Lipinski definition) is 1. The Morgan fingerprint density at radius 1 is 1.14 bits per heavy atom. The number of ether oxygens (including phenoxy) is 2. The number of amides is 1. The van der Waals surface area contributed by atoms with E-state index in [0.717, 1.165) is 11.8 Å². The van der Waals surface area contributed by atoms with Gasteiger partial charge in [0.1, 0.15) is 5.52 Å². The van der Waals surface area contributed by atoms with Crippen LogP contribution in [0.4, 0.5) is 0 Å². The lowest BCUT2D eigenvalue weighted by Gasteiger charge is -2.10. The van der Waals surface area contributed by atoms with Gasteiger partial charge in [0.15, 0.2) is 6.61 Å². The van der Waals surface area contributed by atoms with Gasteiger partial charge in [-0.25, -0.2) is 9.78 Å². The van der Waals surface area contributed by atoms with Gasteiger partial charge >= 0.3 is 5.97 Å². The normalized spacial score (nSPS) is 11.4. The minimum absolute atomic E-state index is 0.0137. The number of esters is 1. The van der Waals surface area contributed by atoms with Crippen molar-refractivity contribution in [1.82, 2.24) is 9.38 Å². The Hall–Kier alpha value is -3.77. The Morgan fingerprint density at radius 2 is 1.83 bits per heavy atom. The summed E-state index contributed by atoms with van der Waals surface area (Å²) < 4.78 is 39.5. The zero-order chi connectivity index (χ0) is 26.5. The number of nitrogens with two attached hydrogens (primary N) is 1. The minimum atomic E-state index is -3.65. The number of fused-ring (bicyclic) bond motifs is 1. The molecule has 0 spiro atoms. The lowest BCUT2D eigenvalue weighted by atomic mass is 9.97. The van der Waals surface area contributed by atoms with Crippen LogP contribution in [0.15, 0.2) is 36.5 Å². The molecule has 0 radical (unpaired) electrons. The number of carbonyl (C=O) groups is 3. The molecular weight excluding hydrogens is 490 g/mol. The van der Waals surface area contributed by atoms with Crippen molar-refractivity contribution in [3.8, 4) is 5.88 Å². The van der Waals surface area contributed by atoms with Crippen LogP contribution in [0.1, 0.15) is 39.3 Å². The summed E-state index contributed by atoms with van der Waals surface area (Å²) in [6, 6.07) is 9.44. The van der Waals surface area contributed by atoms with Crippen molar-refractivity contribution in [3.05, 3.63) is 64.6 Å². The summed E-state index contributed by atoms with van der Waals surface area (Å²) in [5.41, 5.74) is 8.15. The average Bonchev–Trinajstić information content (AvgIpc) is 3.12. The minimum Gasteiger partial charge on any atom is -0.466 e. The van der Waals surface area contributed by atoms with E-state index in [4.69, 9.17) is 14.7 Å². The number of rotatable bonds is 12. The topological polar surface area (TPSA) is 156 Å². The largest absolute Gasteiger partial charge is 0.466 e. The second-order valence-electron chi connectivity index (χ2n) is 8.06. The van der Waals surface area contributed by atoms with Gasteiger partial charge in [0, 0.05) is 18.3 Å². The summed E-state index contributed by atoms with van der Waals surface area (Å²) in [6.07, 6.45) is 3.43. The number of ketones is 1. The van der Waals surface area contributed by atoms with E-state index in [-0.39, 0.29) is 36.4 Å². The van der Waals surface area contributed by atoms with Gasteiger partial charge in [-0.15, -0.1) is 0 Å². The van der Waals surface area contributed by atoms with Gasteiger partial charge in [-0.05, 0) is 30.9 Å². The number of aryl methyl sites for hydroxylation is 1. The quantitative estimate of drug-likeness (QED) is 0.123. The van der Waals surface area contributed by atoms with E-state index >= 15 is 0 Å². The number of methoxy groups -OCH3 is 1. The third-order valence-corrected chi connectivity index (χ3v) is 5.90. The van der Waals surface area contributed by atoms with Gasteiger partial charge in [-0.1, -0.05) is 30.3 Å². The molecule has 3 rings (SSSR count). The summed E-state index contributed by atoms with van der Waals surface area (Å²) in [5.74, 6) is -2.84. The maximum Gasteiger partial charge on any atom is 0.343 e. The van der Waals surface area contributed by atoms with Crippen LogP contribution in [0.5, 0.6) is 5.88 Å². The molecule has 1 aromatic carbocycles. The molecule has 3 aromatic rings. The van der Waals surface area contributed by atoms with Crippen LogP contribution in [-0.4, -0.2) is 62.0 Å². The van der Waals surface area contributed by atoms with Crippen LogP contribution >= 0.6 is 0 Å². The smallest absolute Gasteiger partial charge is 0.343 e. The molecule has 2 heterocycles. The second kappa shape index (κ2) is 11.3. The molecule has 2 N–H and O–H groups in total. The van der Waals surface area contributed by atoms with E-state index in [1.165, 1.54) is 7.11 Å². The highest BCUT2D eigenvalue weighted by Crippen LogP contribution is 2.33. The fourth-order valence-corrected chi connectivity index (χ4v) is 4.25. The number of aromatic nitrogens is 2. The van der Waals surface area contributed by atoms with Gasteiger partial charge in [-0.2, -0.15) is 8.42 Å². The zero-order valence-electron chi connectivity index (χ0n) is 20.1. The first-order valence-corrected chi connectivity index (χ1v) is 12.8. The van der Waals surface area contributed by atoms with Gasteiger partial charge in [-0.3, -0.25) is 13.8 Å². The molecule has 11 nitrogen and oxygen atoms in total. The first-order valence-electron chi connectivity index (χ1n) is 11.0. The number of carbonyl (C=O) groups excluding carboxylic acids is 3. The van der Waals surface area contributed by atoms with Crippen LogP contribution in [0, 0.1) is 6.92 Å². The number of Topliss-reactive ketones (excluding diaryl/α,β-unsaturated/α-hetero) is 1. The van der Waals surface area contributed by atoms with Crippen LogP contribution < -0.4 is 10.5 Å². The molecule has 0 atom stereocenters. The summed E-state index contributed by atoms with van der Waals surface area (Å²) >= 11 is 0. The van der Waals surface area contributed by atoms with E-state index in [9.17, 15) is 22.8 Å². The molecular formula is C24H27N3O8S. The van der Waals surface area contributed by atoms with Gasteiger partial charge in [0.05, 0.1) is 31.2 Å². The maximum absolute atomic E-state index is 13.1. The van der Waals surface area contributed by atoms with Crippen molar-refractivity contribution < 1.29 is 36.5 Å². The van der Waals surface area contributed by atoms with Crippen molar-refractivity contribution in [2.45, 2.75) is 26.2 Å². The molecule has 0 saturated carbocycles. The molecule has 0 saturated heterocycles. The average molecular weight is 518 g/mol. The standard InChI is InChI=1S/C24H27N3O8S/c1-15-13-27-18(12-16-8-5-4-6-9-16)17(10-7-11-35-36(3,31)32)20(22(29)23(25)30)21(27)24(26-15)34-14-19(28)33-2/h4-6,8-9,13H,7,10-12,14H2,1-3H3,(H2,25,30). The predicted octanol–water partition coefficient (Wildman–Crippen LogP) is 1.36. The Balaban J connectivity index is 2.23. The van der Waals surface area contributed by atoms with Crippen LogP contribution in [0.3, 0.4) is 0 Å². The number of hydrogen-bond acceptors (Lipinski definition) is 9. The molecule has 0 bridgehead atoms. The fraction of sp³-hybridized carbons (Fsp3) is 0.333. The Morgan fingerprint density at radius 3 is 2.44 bits per heavy atom. The maximum atomic E-state index is 13.1. The lowest BCUT2D eigenvalue weighted by Crippen LogP contribution is -2.24. The summed E-state index contributed by atoms with van der Waals surface area (Å²) in [7, 11) is -2.44. The van der Waals surface area contributed by atoms with Crippen LogP contribution in [0.25, 0.3) is 5.52 Å². The van der Waals surface area contributed by atoms with Crippen LogP contribution in [0.2, 0.25) is 0 Å². The molecule has 36 heavy (non-hydrogen) atoms. The van der Waals surface area contributed by atoms with E-state index in [2.05, 4.69) is 9.72 Å². The number of nitrogens with zero attached hydrogens (tertiary/aromatic N) is 2. The fourth-order valence-electron chi connectivity index (χ4n) is 3.83. The highest BCUT2D eigenvalue weighted by atomic mass is 32.2. The van der Waals surface area contributed by atoms with Crippen molar-refractivity contribution in [2.24, 2.45) is 5.73 Å². The summed E-state index contributed by atoms with van der Waals surface area (Å²) in [5, 5.41) is 0. The lowest BCUT2D eigenvalue weighted by molar-refractivity contribution is -0.143. The van der Waals surface area contributed by atoms with Crippen molar-refractivity contribution in [1.29, 1.82) is 0 Å². The number of primary amides is 1. The molecule has 0 aliphatic heterocycles. The van der Waals surface area contributed by atoms with Crippen LogP contribution in [-0.2, 0) is 41.5 Å². The first-order chi connectivity index (χ1) is 17.0. The third-order valence-electron chi connectivity index (χ3n) is 5.30. The molecule has 0 aliphatic carbocycles. The molecule has 192 valence electrons. The Bertz CT molecular complexity index is 1400. The molecule has 0 aliphatic rings.